The molecule has 0 unspecified atom stereocenters. The maximum atomic E-state index is 4.73. The van der Waals surface area contributed by atoms with E-state index < -0.39 is 0 Å². The summed E-state index contributed by atoms with van der Waals surface area (Å²) >= 11 is 3.58. The minimum absolute atomic E-state index is 0. The van der Waals surface area contributed by atoms with E-state index in [1.54, 1.807) is 11.3 Å². The third-order valence-corrected chi connectivity index (χ3v) is 6.38. The van der Waals surface area contributed by atoms with E-state index in [0.717, 1.165) is 49.9 Å². The second-order valence-electron chi connectivity index (χ2n) is 6.13. The SMILES string of the molecule is CCNC(=NCc1ncc(CC)s1)NC1CCN(c2cccs2)CC1.I. The highest BCUT2D eigenvalue weighted by atomic mass is 127. The lowest BCUT2D eigenvalue weighted by Crippen LogP contribution is -2.48. The normalized spacial score (nSPS) is 15.6. The van der Waals surface area contributed by atoms with Crippen LogP contribution in [0.25, 0.3) is 0 Å². The number of nitrogens with zero attached hydrogens (tertiary/aromatic N) is 3. The maximum absolute atomic E-state index is 4.73. The molecule has 0 amide bonds. The fourth-order valence-electron chi connectivity index (χ4n) is 2.94. The number of guanidine groups is 1. The third-order valence-electron chi connectivity index (χ3n) is 4.32. The predicted molar refractivity (Wildman–Crippen MR) is 124 cm³/mol. The Morgan fingerprint density at radius 2 is 2.15 bits per heavy atom. The molecule has 5 nitrogen and oxygen atoms in total. The summed E-state index contributed by atoms with van der Waals surface area (Å²) in [7, 11) is 0. The number of thiophene rings is 1. The van der Waals surface area contributed by atoms with Crippen LogP contribution in [-0.2, 0) is 13.0 Å². The second-order valence-corrected chi connectivity index (χ2v) is 8.25. The zero-order valence-electron chi connectivity index (χ0n) is 15.4. The number of aromatic nitrogens is 1. The van der Waals surface area contributed by atoms with E-state index >= 15 is 0 Å². The lowest BCUT2D eigenvalue weighted by Gasteiger charge is -2.33. The van der Waals surface area contributed by atoms with E-state index in [-0.39, 0.29) is 24.0 Å². The molecular weight excluding hydrogens is 477 g/mol. The number of hydrogen-bond donors (Lipinski definition) is 2. The molecule has 1 saturated heterocycles. The average molecular weight is 505 g/mol. The number of aryl methyl sites for hydroxylation is 1. The number of aliphatic imine (C=N–C) groups is 1. The largest absolute Gasteiger partial charge is 0.363 e. The summed E-state index contributed by atoms with van der Waals surface area (Å²) in [6, 6.07) is 4.82. The van der Waals surface area contributed by atoms with Crippen LogP contribution in [0.2, 0.25) is 0 Å². The summed E-state index contributed by atoms with van der Waals surface area (Å²) < 4.78 is 0. The number of hydrogen-bond acceptors (Lipinski definition) is 5. The topological polar surface area (TPSA) is 52.6 Å². The predicted octanol–water partition coefficient (Wildman–Crippen LogP) is 4.11. The number of piperidine rings is 1. The van der Waals surface area contributed by atoms with Gasteiger partial charge in [-0.3, -0.25) is 0 Å². The van der Waals surface area contributed by atoms with Crippen LogP contribution < -0.4 is 15.5 Å². The molecule has 2 aromatic heterocycles. The van der Waals surface area contributed by atoms with Crippen molar-refractivity contribution in [2.45, 2.75) is 45.7 Å². The molecule has 0 atom stereocenters. The van der Waals surface area contributed by atoms with Gasteiger partial charge in [0.1, 0.15) is 5.01 Å². The van der Waals surface area contributed by atoms with Crippen molar-refractivity contribution >= 4 is 57.6 Å². The highest BCUT2D eigenvalue weighted by Gasteiger charge is 2.20. The van der Waals surface area contributed by atoms with Crippen LogP contribution in [-0.4, -0.2) is 36.6 Å². The van der Waals surface area contributed by atoms with Gasteiger partial charge in [-0.25, -0.2) is 9.98 Å². The molecule has 0 bridgehead atoms. The molecule has 0 radical (unpaired) electrons. The molecule has 8 heteroatoms. The first-order valence-corrected chi connectivity index (χ1v) is 10.7. The number of rotatable bonds is 6. The standard InChI is InChI=1S/C18H27N5S2.HI/c1-3-15-12-20-16(25-15)13-21-18(19-4-2)22-14-7-9-23(10-8-14)17-6-5-11-24-17;/h5-6,11-12,14H,3-4,7-10,13H2,1-2H3,(H2,19,21,22);1H. The van der Waals surface area contributed by atoms with Gasteiger partial charge < -0.3 is 15.5 Å². The molecule has 0 aliphatic carbocycles. The van der Waals surface area contributed by atoms with E-state index in [2.05, 4.69) is 51.9 Å². The third kappa shape index (κ3) is 6.09. The van der Waals surface area contributed by atoms with Gasteiger partial charge in [-0.1, -0.05) is 6.92 Å². The molecule has 1 aliphatic heterocycles. The Morgan fingerprint density at radius 3 is 2.77 bits per heavy atom. The van der Waals surface area contributed by atoms with Crippen molar-refractivity contribution in [3.63, 3.8) is 0 Å². The van der Waals surface area contributed by atoms with Crippen molar-refractivity contribution < 1.29 is 0 Å². The molecule has 2 aromatic rings. The van der Waals surface area contributed by atoms with Crippen LogP contribution in [0.5, 0.6) is 0 Å². The van der Waals surface area contributed by atoms with Crippen molar-refractivity contribution in [3.05, 3.63) is 33.6 Å². The zero-order valence-corrected chi connectivity index (χ0v) is 19.4. The van der Waals surface area contributed by atoms with Gasteiger partial charge >= 0.3 is 0 Å². The number of nitrogens with one attached hydrogen (secondary N) is 2. The first-order chi connectivity index (χ1) is 12.3. The molecule has 144 valence electrons. The minimum Gasteiger partial charge on any atom is -0.363 e. The zero-order chi connectivity index (χ0) is 17.5. The number of anilines is 1. The summed E-state index contributed by atoms with van der Waals surface area (Å²) in [5, 5.41) is 11.6. The Kier molecular flexibility index (Phi) is 9.13. The fourth-order valence-corrected chi connectivity index (χ4v) is 4.51. The Morgan fingerprint density at radius 1 is 1.35 bits per heavy atom. The summed E-state index contributed by atoms with van der Waals surface area (Å²) in [5.74, 6) is 0.908. The van der Waals surface area contributed by atoms with Crippen LogP contribution in [0.1, 0.15) is 36.6 Å². The number of halogens is 1. The molecule has 2 N–H and O–H groups in total. The first kappa shape index (κ1) is 21.4. The minimum atomic E-state index is 0. The number of thiazole rings is 1. The van der Waals surface area contributed by atoms with Gasteiger partial charge in [-0.2, -0.15) is 0 Å². The van der Waals surface area contributed by atoms with Crippen molar-refractivity contribution in [1.29, 1.82) is 0 Å². The highest BCUT2D eigenvalue weighted by molar-refractivity contribution is 14.0. The molecular formula is C18H28IN5S2. The molecule has 0 aromatic carbocycles. The van der Waals surface area contributed by atoms with Crippen molar-refractivity contribution in [2.75, 3.05) is 24.5 Å². The summed E-state index contributed by atoms with van der Waals surface area (Å²) in [6.07, 6.45) is 5.29. The Labute approximate surface area is 181 Å². The summed E-state index contributed by atoms with van der Waals surface area (Å²) in [6.45, 7) is 7.99. The Balaban J connectivity index is 0.00000243. The molecule has 1 aliphatic rings. The van der Waals surface area contributed by atoms with E-state index in [0.29, 0.717) is 12.6 Å². The molecule has 1 fully saturated rings. The van der Waals surface area contributed by atoms with Crippen LogP contribution in [0.3, 0.4) is 0 Å². The lowest BCUT2D eigenvalue weighted by molar-refractivity contribution is 0.463. The van der Waals surface area contributed by atoms with E-state index in [1.807, 2.05) is 17.5 Å². The van der Waals surface area contributed by atoms with Crippen LogP contribution in [0.15, 0.2) is 28.7 Å². The van der Waals surface area contributed by atoms with E-state index in [1.165, 1.54) is 9.88 Å². The van der Waals surface area contributed by atoms with Gasteiger partial charge in [0.2, 0.25) is 0 Å². The van der Waals surface area contributed by atoms with Crippen LogP contribution in [0, 0.1) is 0 Å². The monoisotopic (exact) mass is 505 g/mol. The maximum Gasteiger partial charge on any atom is 0.191 e. The quantitative estimate of drug-likeness (QED) is 0.353. The smallest absolute Gasteiger partial charge is 0.191 e. The first-order valence-electron chi connectivity index (χ1n) is 9.05. The summed E-state index contributed by atoms with van der Waals surface area (Å²) in [5.41, 5.74) is 0. The Bertz CT molecular complexity index is 663. The summed E-state index contributed by atoms with van der Waals surface area (Å²) in [4.78, 5) is 13.0. The van der Waals surface area contributed by atoms with Crippen molar-refractivity contribution in [2.24, 2.45) is 4.99 Å². The van der Waals surface area contributed by atoms with Gasteiger partial charge in [0.15, 0.2) is 5.96 Å². The van der Waals surface area contributed by atoms with Crippen molar-refractivity contribution in [1.82, 2.24) is 15.6 Å². The molecule has 3 rings (SSSR count). The fraction of sp³-hybridized carbons (Fsp3) is 0.556. The lowest BCUT2D eigenvalue weighted by atomic mass is 10.1. The van der Waals surface area contributed by atoms with E-state index in [4.69, 9.17) is 4.99 Å². The Hall–Kier alpha value is -0.870. The second kappa shape index (κ2) is 11.1. The highest BCUT2D eigenvalue weighted by Crippen LogP contribution is 2.24. The van der Waals surface area contributed by atoms with Gasteiger partial charge in [0.05, 0.1) is 11.5 Å². The molecule has 26 heavy (non-hydrogen) atoms. The van der Waals surface area contributed by atoms with Crippen LogP contribution >= 0.6 is 46.7 Å². The van der Waals surface area contributed by atoms with Gasteiger partial charge in [0, 0.05) is 36.8 Å². The van der Waals surface area contributed by atoms with Gasteiger partial charge in [0.25, 0.3) is 0 Å². The average Bonchev–Trinajstić information content (AvgIpc) is 3.32. The van der Waals surface area contributed by atoms with Crippen LogP contribution in [0.4, 0.5) is 5.00 Å². The van der Waals surface area contributed by atoms with Gasteiger partial charge in [-0.05, 0) is 43.7 Å². The van der Waals surface area contributed by atoms with E-state index in [9.17, 15) is 0 Å². The molecule has 0 saturated carbocycles. The van der Waals surface area contributed by atoms with Crippen molar-refractivity contribution in [3.8, 4) is 0 Å². The van der Waals surface area contributed by atoms with Gasteiger partial charge in [-0.15, -0.1) is 46.7 Å². The molecule has 3 heterocycles. The molecule has 0 spiro atoms.